The van der Waals surface area contributed by atoms with Gasteiger partial charge in [-0.1, -0.05) is 23.4 Å². The van der Waals surface area contributed by atoms with Crippen LogP contribution in [0.2, 0.25) is 0 Å². The van der Waals surface area contributed by atoms with Crippen molar-refractivity contribution in [2.24, 2.45) is 5.92 Å². The molecule has 0 bridgehead atoms. The number of thiophene rings is 1. The molecule has 3 aromatic rings. The minimum Gasteiger partial charge on any atom is -0.497 e. The third kappa shape index (κ3) is 4.88. The van der Waals surface area contributed by atoms with E-state index in [2.05, 4.69) is 15.0 Å². The van der Waals surface area contributed by atoms with Crippen LogP contribution in [0.5, 0.6) is 5.75 Å². The number of rotatable bonds is 7. The van der Waals surface area contributed by atoms with Gasteiger partial charge in [-0.05, 0) is 48.5 Å². The zero-order chi connectivity index (χ0) is 20.9. The molecule has 0 aliphatic carbocycles. The van der Waals surface area contributed by atoms with E-state index in [0.29, 0.717) is 31.3 Å². The summed E-state index contributed by atoms with van der Waals surface area (Å²) in [5.41, 5.74) is 1.09. The zero-order valence-electron chi connectivity index (χ0n) is 17.3. The van der Waals surface area contributed by atoms with Gasteiger partial charge in [0.15, 0.2) is 0 Å². The largest absolute Gasteiger partial charge is 0.497 e. The summed E-state index contributed by atoms with van der Waals surface area (Å²) in [6.07, 6.45) is 1.89. The number of hydrogen-bond donors (Lipinski definition) is 0. The third-order valence-electron chi connectivity index (χ3n) is 5.38. The summed E-state index contributed by atoms with van der Waals surface area (Å²) in [7, 11) is 3.52. The maximum absolute atomic E-state index is 13.0. The van der Waals surface area contributed by atoms with Crippen LogP contribution < -0.4 is 4.74 Å². The van der Waals surface area contributed by atoms with Gasteiger partial charge in [0.1, 0.15) is 5.75 Å². The van der Waals surface area contributed by atoms with Crippen molar-refractivity contribution in [3.63, 3.8) is 0 Å². The summed E-state index contributed by atoms with van der Waals surface area (Å²) in [6, 6.07) is 11.8. The molecule has 1 aromatic carbocycles. The van der Waals surface area contributed by atoms with E-state index < -0.39 is 0 Å². The highest BCUT2D eigenvalue weighted by Gasteiger charge is 2.29. The first-order chi connectivity index (χ1) is 14.6. The van der Waals surface area contributed by atoms with Gasteiger partial charge in [0.25, 0.3) is 0 Å². The molecule has 0 saturated carbocycles. The summed E-state index contributed by atoms with van der Waals surface area (Å²) in [5, 5.41) is 6.07. The SMILES string of the molecule is COc1ccc(CN(C)C(=O)C2CCCN(Cc3nc(-c4cccs4)no3)C2)cc1. The Morgan fingerprint density at radius 3 is 2.90 bits per heavy atom. The van der Waals surface area contributed by atoms with E-state index in [0.717, 1.165) is 35.6 Å². The number of benzene rings is 1. The van der Waals surface area contributed by atoms with E-state index >= 15 is 0 Å². The van der Waals surface area contributed by atoms with Gasteiger partial charge in [-0.2, -0.15) is 4.98 Å². The second kappa shape index (κ2) is 9.40. The van der Waals surface area contributed by atoms with Gasteiger partial charge in [-0.3, -0.25) is 9.69 Å². The molecule has 1 amide bonds. The first-order valence-corrected chi connectivity index (χ1v) is 11.0. The van der Waals surface area contributed by atoms with Gasteiger partial charge in [0.2, 0.25) is 17.6 Å². The molecular weight excluding hydrogens is 400 g/mol. The van der Waals surface area contributed by atoms with Gasteiger partial charge in [0, 0.05) is 20.1 Å². The van der Waals surface area contributed by atoms with Crippen LogP contribution >= 0.6 is 11.3 Å². The molecule has 0 spiro atoms. The normalized spacial score (nSPS) is 17.1. The lowest BCUT2D eigenvalue weighted by Crippen LogP contribution is -2.43. The third-order valence-corrected chi connectivity index (χ3v) is 6.24. The maximum Gasteiger partial charge on any atom is 0.241 e. The number of nitrogens with zero attached hydrogens (tertiary/aromatic N) is 4. The van der Waals surface area contributed by atoms with Gasteiger partial charge in [-0.15, -0.1) is 11.3 Å². The number of carbonyl (C=O) groups is 1. The Hall–Kier alpha value is -2.71. The number of ether oxygens (including phenoxy) is 1. The van der Waals surface area contributed by atoms with Crippen molar-refractivity contribution in [2.45, 2.75) is 25.9 Å². The number of carbonyl (C=O) groups excluding carboxylic acids is 1. The van der Waals surface area contributed by atoms with Gasteiger partial charge >= 0.3 is 0 Å². The summed E-state index contributed by atoms with van der Waals surface area (Å²) >= 11 is 1.59. The van der Waals surface area contributed by atoms with Crippen LogP contribution in [0.25, 0.3) is 10.7 Å². The van der Waals surface area contributed by atoms with E-state index in [-0.39, 0.29) is 11.8 Å². The Bertz CT molecular complexity index is 955. The number of hydrogen-bond acceptors (Lipinski definition) is 7. The minimum atomic E-state index is -0.0123. The Balaban J connectivity index is 1.33. The number of aromatic nitrogens is 2. The van der Waals surface area contributed by atoms with E-state index in [1.54, 1.807) is 18.4 Å². The molecule has 0 N–H and O–H groups in total. The molecule has 1 saturated heterocycles. The van der Waals surface area contributed by atoms with Crippen LogP contribution in [0.3, 0.4) is 0 Å². The maximum atomic E-state index is 13.0. The number of likely N-dealkylation sites (tertiary alicyclic amines) is 1. The van der Waals surface area contributed by atoms with Crippen LogP contribution in [0.1, 0.15) is 24.3 Å². The molecule has 1 aliphatic rings. The molecule has 1 atom stereocenters. The lowest BCUT2D eigenvalue weighted by molar-refractivity contribution is -0.136. The van der Waals surface area contributed by atoms with Crippen molar-refractivity contribution >= 4 is 17.2 Å². The number of amides is 1. The molecule has 30 heavy (non-hydrogen) atoms. The van der Waals surface area contributed by atoms with Crippen LogP contribution in [0.4, 0.5) is 0 Å². The van der Waals surface area contributed by atoms with Crippen molar-refractivity contribution < 1.29 is 14.1 Å². The van der Waals surface area contributed by atoms with Crippen LogP contribution in [-0.2, 0) is 17.9 Å². The Labute approximate surface area is 180 Å². The Kier molecular flexibility index (Phi) is 6.44. The van der Waals surface area contributed by atoms with Gasteiger partial charge in [-0.25, -0.2) is 0 Å². The first kappa shape index (κ1) is 20.6. The second-order valence-electron chi connectivity index (χ2n) is 7.61. The Morgan fingerprint density at radius 2 is 2.17 bits per heavy atom. The molecule has 1 aliphatic heterocycles. The van der Waals surface area contributed by atoms with Gasteiger partial charge in [0.05, 0.1) is 24.4 Å². The molecule has 1 fully saturated rings. The summed E-state index contributed by atoms with van der Waals surface area (Å²) in [4.78, 5) is 22.6. The molecule has 4 rings (SSSR count). The molecule has 3 heterocycles. The fraction of sp³-hybridized carbons (Fsp3) is 0.409. The summed E-state index contributed by atoms with van der Waals surface area (Å²) in [5.74, 6) is 2.21. The molecule has 7 nitrogen and oxygen atoms in total. The molecule has 2 aromatic heterocycles. The van der Waals surface area contributed by atoms with E-state index in [9.17, 15) is 4.79 Å². The number of methoxy groups -OCH3 is 1. The highest BCUT2D eigenvalue weighted by molar-refractivity contribution is 7.13. The predicted molar refractivity (Wildman–Crippen MR) is 115 cm³/mol. The fourth-order valence-electron chi connectivity index (χ4n) is 3.81. The van der Waals surface area contributed by atoms with Crippen molar-refractivity contribution in [2.75, 3.05) is 27.2 Å². The molecule has 0 radical (unpaired) electrons. The van der Waals surface area contributed by atoms with Crippen LogP contribution in [0.15, 0.2) is 46.3 Å². The molecule has 8 heteroatoms. The molecule has 158 valence electrons. The average molecular weight is 427 g/mol. The van der Waals surface area contributed by atoms with E-state index in [4.69, 9.17) is 9.26 Å². The molecular formula is C22H26N4O3S. The van der Waals surface area contributed by atoms with Crippen LogP contribution in [-0.4, -0.2) is 53.1 Å². The standard InChI is InChI=1S/C22H26N4O3S/c1-25(13-16-7-9-18(28-2)10-8-16)22(27)17-5-3-11-26(14-17)15-20-23-21(24-29-20)19-6-4-12-30-19/h4,6-10,12,17H,3,5,11,13-15H2,1-2H3. The van der Waals surface area contributed by atoms with Crippen molar-refractivity contribution in [3.8, 4) is 16.5 Å². The zero-order valence-corrected chi connectivity index (χ0v) is 18.1. The fourth-order valence-corrected chi connectivity index (χ4v) is 4.46. The van der Waals surface area contributed by atoms with Gasteiger partial charge < -0.3 is 14.2 Å². The second-order valence-corrected chi connectivity index (χ2v) is 8.55. The smallest absolute Gasteiger partial charge is 0.241 e. The Morgan fingerprint density at radius 1 is 1.33 bits per heavy atom. The summed E-state index contributed by atoms with van der Waals surface area (Å²) in [6.45, 7) is 2.81. The highest BCUT2D eigenvalue weighted by Crippen LogP contribution is 2.24. The predicted octanol–water partition coefficient (Wildman–Crippen LogP) is 3.68. The van der Waals surface area contributed by atoms with Crippen molar-refractivity contribution in [3.05, 3.63) is 53.2 Å². The topological polar surface area (TPSA) is 71.7 Å². The quantitative estimate of drug-likeness (QED) is 0.574. The summed E-state index contributed by atoms with van der Waals surface area (Å²) < 4.78 is 10.6. The first-order valence-electron chi connectivity index (χ1n) is 10.1. The average Bonchev–Trinajstić information content (AvgIpc) is 3.46. The van der Waals surface area contributed by atoms with Crippen LogP contribution in [0, 0.1) is 5.92 Å². The number of piperidine rings is 1. The molecule has 1 unspecified atom stereocenters. The monoisotopic (exact) mass is 426 g/mol. The lowest BCUT2D eigenvalue weighted by atomic mass is 9.96. The van der Waals surface area contributed by atoms with Crippen molar-refractivity contribution in [1.29, 1.82) is 0 Å². The minimum absolute atomic E-state index is 0.0123. The van der Waals surface area contributed by atoms with E-state index in [1.165, 1.54) is 0 Å². The lowest BCUT2D eigenvalue weighted by Gasteiger charge is -2.33. The highest BCUT2D eigenvalue weighted by atomic mass is 32.1. The van der Waals surface area contributed by atoms with E-state index in [1.807, 2.05) is 53.7 Å². The van der Waals surface area contributed by atoms with Crippen molar-refractivity contribution in [1.82, 2.24) is 19.9 Å².